The smallest absolute Gasteiger partial charge is 0.269 e. The number of halogens is 1. The highest BCUT2D eigenvalue weighted by molar-refractivity contribution is 7.80. The van der Waals surface area contributed by atoms with Crippen molar-refractivity contribution < 1.29 is 9.18 Å². The minimum absolute atomic E-state index is 0.264. The van der Waals surface area contributed by atoms with Crippen LogP contribution >= 0.6 is 12.2 Å². The highest BCUT2D eigenvalue weighted by Crippen LogP contribution is 2.09. The number of anilines is 1. The predicted octanol–water partition coefficient (Wildman–Crippen LogP) is 3.02. The largest absolute Gasteiger partial charge is 0.331 e. The van der Waals surface area contributed by atoms with Crippen molar-refractivity contribution in [2.45, 2.75) is 13.3 Å². The molecule has 6 heteroatoms. The van der Waals surface area contributed by atoms with Crippen LogP contribution in [0.4, 0.5) is 10.1 Å². The summed E-state index contributed by atoms with van der Waals surface area (Å²) in [5, 5.41) is 3.22. The summed E-state index contributed by atoms with van der Waals surface area (Å²) in [5.74, 6) is -0.789. The topological polar surface area (TPSA) is 53.2 Å². The number of carbonyl (C=O) groups excluding carboxylic acids is 1. The fraction of sp³-hybridized carbons (Fsp3) is 0.125. The Balaban J connectivity index is 1.84. The van der Waals surface area contributed by atoms with Crippen molar-refractivity contribution >= 4 is 28.9 Å². The van der Waals surface area contributed by atoms with Crippen LogP contribution in [0.25, 0.3) is 0 Å². The van der Waals surface area contributed by atoms with E-state index in [0.717, 1.165) is 12.1 Å². The molecular formula is C16H16FN3OS. The van der Waals surface area contributed by atoms with Crippen molar-refractivity contribution in [2.24, 2.45) is 0 Å². The molecule has 2 aromatic rings. The fourth-order valence-corrected chi connectivity index (χ4v) is 1.94. The lowest BCUT2D eigenvalue weighted by molar-refractivity contribution is 0.0944. The minimum Gasteiger partial charge on any atom is -0.331 e. The maximum Gasteiger partial charge on any atom is 0.269 e. The molecule has 0 aliphatic carbocycles. The Morgan fingerprint density at radius 3 is 2.27 bits per heavy atom. The van der Waals surface area contributed by atoms with Gasteiger partial charge in [0.1, 0.15) is 5.82 Å². The van der Waals surface area contributed by atoms with E-state index >= 15 is 0 Å². The molecule has 0 radical (unpaired) electrons. The van der Waals surface area contributed by atoms with Crippen LogP contribution in [0.15, 0.2) is 48.5 Å². The second-order valence-corrected chi connectivity index (χ2v) is 5.00. The second-order valence-electron chi connectivity index (χ2n) is 4.59. The molecule has 4 nitrogen and oxygen atoms in total. The maximum absolute atomic E-state index is 12.8. The number of carbonyl (C=O) groups is 1. The third kappa shape index (κ3) is 4.53. The van der Waals surface area contributed by atoms with Gasteiger partial charge in [0.15, 0.2) is 5.11 Å². The van der Waals surface area contributed by atoms with Crippen LogP contribution in [0.3, 0.4) is 0 Å². The molecule has 0 fully saturated rings. The molecule has 0 saturated carbocycles. The standard InChI is InChI=1S/C16H16FN3OS/c1-2-11-3-9-14(10-4-11)18-16(22)20-19-15(21)12-5-7-13(17)8-6-12/h3-10H,2H2,1H3,(H,19,21)(H2,18,20,22). The predicted molar refractivity (Wildman–Crippen MR) is 89.0 cm³/mol. The van der Waals surface area contributed by atoms with E-state index in [1.165, 1.54) is 29.8 Å². The number of hydrogen-bond donors (Lipinski definition) is 3. The number of amides is 1. The average molecular weight is 317 g/mol. The van der Waals surface area contributed by atoms with Gasteiger partial charge in [-0.1, -0.05) is 19.1 Å². The van der Waals surface area contributed by atoms with Gasteiger partial charge in [0.25, 0.3) is 5.91 Å². The SMILES string of the molecule is CCc1ccc(NC(=S)NNC(=O)c2ccc(F)cc2)cc1. The number of hydrogen-bond acceptors (Lipinski definition) is 2. The van der Waals surface area contributed by atoms with E-state index < -0.39 is 11.7 Å². The van der Waals surface area contributed by atoms with Crippen molar-refractivity contribution in [1.29, 1.82) is 0 Å². The van der Waals surface area contributed by atoms with Crippen LogP contribution in [0, 0.1) is 5.82 Å². The van der Waals surface area contributed by atoms with Crippen LogP contribution < -0.4 is 16.2 Å². The minimum atomic E-state index is -0.398. The van der Waals surface area contributed by atoms with E-state index in [1.54, 1.807) is 0 Å². The number of benzene rings is 2. The molecule has 0 atom stereocenters. The lowest BCUT2D eigenvalue weighted by atomic mass is 10.1. The molecule has 2 rings (SSSR count). The summed E-state index contributed by atoms with van der Waals surface area (Å²) in [6, 6.07) is 13.1. The van der Waals surface area contributed by atoms with Gasteiger partial charge in [-0.2, -0.15) is 0 Å². The highest BCUT2D eigenvalue weighted by atomic mass is 32.1. The van der Waals surface area contributed by atoms with Gasteiger partial charge >= 0.3 is 0 Å². The van der Waals surface area contributed by atoms with Crippen LogP contribution in [0.2, 0.25) is 0 Å². The zero-order chi connectivity index (χ0) is 15.9. The summed E-state index contributed by atoms with van der Waals surface area (Å²) in [7, 11) is 0. The molecule has 0 unspecified atom stereocenters. The van der Waals surface area contributed by atoms with Crippen LogP contribution in [0.1, 0.15) is 22.8 Å². The van der Waals surface area contributed by atoms with E-state index in [4.69, 9.17) is 12.2 Å². The number of rotatable bonds is 3. The third-order valence-corrected chi connectivity index (χ3v) is 3.22. The second kappa shape index (κ2) is 7.51. The summed E-state index contributed by atoms with van der Waals surface area (Å²) in [6.45, 7) is 2.08. The number of nitrogens with one attached hydrogen (secondary N) is 3. The molecule has 0 saturated heterocycles. The molecule has 0 heterocycles. The van der Waals surface area contributed by atoms with Gasteiger partial charge in [-0.3, -0.25) is 15.6 Å². The Bertz CT molecular complexity index is 656. The third-order valence-electron chi connectivity index (χ3n) is 3.02. The van der Waals surface area contributed by atoms with Gasteiger partial charge in [-0.25, -0.2) is 4.39 Å². The maximum atomic E-state index is 12.8. The van der Waals surface area contributed by atoms with Gasteiger partial charge in [0.2, 0.25) is 0 Å². The average Bonchev–Trinajstić information content (AvgIpc) is 2.54. The molecule has 1 amide bonds. The van der Waals surface area contributed by atoms with E-state index in [0.29, 0.717) is 5.56 Å². The molecule has 22 heavy (non-hydrogen) atoms. The zero-order valence-corrected chi connectivity index (χ0v) is 12.8. The summed E-state index contributed by atoms with van der Waals surface area (Å²) in [5.41, 5.74) is 7.44. The Morgan fingerprint density at radius 2 is 1.68 bits per heavy atom. The molecule has 3 N–H and O–H groups in total. The number of thiocarbonyl (C=S) groups is 1. The normalized spacial score (nSPS) is 9.91. The Hall–Kier alpha value is -2.47. The van der Waals surface area contributed by atoms with Crippen LogP contribution in [-0.2, 0) is 6.42 Å². The molecule has 114 valence electrons. The molecular weight excluding hydrogens is 301 g/mol. The first-order valence-electron chi connectivity index (χ1n) is 6.80. The molecule has 0 bridgehead atoms. The first kappa shape index (κ1) is 15.9. The molecule has 0 aliphatic rings. The fourth-order valence-electron chi connectivity index (χ4n) is 1.77. The quantitative estimate of drug-likeness (QED) is 0.602. The van der Waals surface area contributed by atoms with E-state index in [-0.39, 0.29) is 5.11 Å². The Morgan fingerprint density at radius 1 is 1.05 bits per heavy atom. The summed E-state index contributed by atoms with van der Waals surface area (Å²) >= 11 is 5.09. The number of aryl methyl sites for hydroxylation is 1. The lowest BCUT2D eigenvalue weighted by Crippen LogP contribution is -2.43. The van der Waals surface area contributed by atoms with Crippen molar-refractivity contribution in [3.8, 4) is 0 Å². The summed E-state index contributed by atoms with van der Waals surface area (Å²) in [6.07, 6.45) is 0.969. The van der Waals surface area contributed by atoms with Gasteiger partial charge in [0, 0.05) is 11.3 Å². The molecule has 0 aliphatic heterocycles. The highest BCUT2D eigenvalue weighted by Gasteiger charge is 2.05. The van der Waals surface area contributed by atoms with Crippen molar-refractivity contribution in [2.75, 3.05) is 5.32 Å². The van der Waals surface area contributed by atoms with Crippen LogP contribution in [-0.4, -0.2) is 11.0 Å². The van der Waals surface area contributed by atoms with Gasteiger partial charge < -0.3 is 5.32 Å². The van der Waals surface area contributed by atoms with Crippen molar-refractivity contribution in [1.82, 2.24) is 10.9 Å². The van der Waals surface area contributed by atoms with Gasteiger partial charge in [0.05, 0.1) is 0 Å². The molecule has 0 aromatic heterocycles. The lowest BCUT2D eigenvalue weighted by Gasteiger charge is -2.12. The zero-order valence-electron chi connectivity index (χ0n) is 12.0. The Labute approximate surface area is 133 Å². The van der Waals surface area contributed by atoms with E-state index in [2.05, 4.69) is 23.1 Å². The Kier molecular flexibility index (Phi) is 5.43. The van der Waals surface area contributed by atoms with E-state index in [9.17, 15) is 9.18 Å². The van der Waals surface area contributed by atoms with Crippen molar-refractivity contribution in [3.63, 3.8) is 0 Å². The molecule has 0 spiro atoms. The molecule has 2 aromatic carbocycles. The number of hydrazine groups is 1. The van der Waals surface area contributed by atoms with Crippen LogP contribution in [0.5, 0.6) is 0 Å². The van der Waals surface area contributed by atoms with E-state index in [1.807, 2.05) is 24.3 Å². The summed E-state index contributed by atoms with van der Waals surface area (Å²) in [4.78, 5) is 11.8. The van der Waals surface area contributed by atoms with Gasteiger partial charge in [-0.05, 0) is 60.6 Å². The van der Waals surface area contributed by atoms with Crippen molar-refractivity contribution in [3.05, 3.63) is 65.5 Å². The first-order chi connectivity index (χ1) is 10.6. The summed E-state index contributed by atoms with van der Waals surface area (Å²) < 4.78 is 12.8. The first-order valence-corrected chi connectivity index (χ1v) is 7.21. The monoisotopic (exact) mass is 317 g/mol. The van der Waals surface area contributed by atoms with Gasteiger partial charge in [-0.15, -0.1) is 0 Å².